The van der Waals surface area contributed by atoms with E-state index in [1.165, 1.54) is 12.1 Å². The largest absolute Gasteiger partial charge is 0.350 e. The molecule has 3 nitrogen and oxygen atoms in total. The first-order valence-electron chi connectivity index (χ1n) is 4.54. The van der Waals surface area contributed by atoms with Gasteiger partial charge in [0.05, 0.1) is 0 Å². The standard InChI is InChI=1S/C11H7FN2O/c12-6-1-2-9-8(5-6)7-3-4-13-11(15)10(7)14-9/h1-5,14H,(H,13,15). The van der Waals surface area contributed by atoms with Crippen LogP contribution in [0, 0.1) is 5.82 Å². The Morgan fingerprint density at radius 3 is 2.87 bits per heavy atom. The number of pyridine rings is 1. The maximum Gasteiger partial charge on any atom is 0.272 e. The maximum atomic E-state index is 13.0. The zero-order valence-corrected chi connectivity index (χ0v) is 7.67. The van der Waals surface area contributed by atoms with E-state index < -0.39 is 0 Å². The minimum absolute atomic E-state index is 0.191. The van der Waals surface area contributed by atoms with Gasteiger partial charge in [0, 0.05) is 22.5 Å². The fourth-order valence-electron chi connectivity index (χ4n) is 1.81. The van der Waals surface area contributed by atoms with E-state index in [1.54, 1.807) is 18.3 Å². The van der Waals surface area contributed by atoms with Crippen LogP contribution in [0.15, 0.2) is 35.3 Å². The molecular weight excluding hydrogens is 195 g/mol. The van der Waals surface area contributed by atoms with Gasteiger partial charge in [-0.2, -0.15) is 0 Å². The van der Waals surface area contributed by atoms with Crippen molar-refractivity contribution in [2.24, 2.45) is 0 Å². The number of hydrogen-bond donors (Lipinski definition) is 2. The van der Waals surface area contributed by atoms with Crippen LogP contribution in [-0.2, 0) is 0 Å². The molecule has 1 aromatic carbocycles. The summed E-state index contributed by atoms with van der Waals surface area (Å²) >= 11 is 0. The highest BCUT2D eigenvalue weighted by molar-refractivity contribution is 6.06. The second-order valence-electron chi connectivity index (χ2n) is 3.41. The average Bonchev–Trinajstić information content (AvgIpc) is 2.58. The summed E-state index contributed by atoms with van der Waals surface area (Å²) in [5, 5.41) is 1.48. The molecule has 0 bridgehead atoms. The molecule has 4 heteroatoms. The van der Waals surface area contributed by atoms with Gasteiger partial charge in [0.25, 0.3) is 5.56 Å². The van der Waals surface area contributed by atoms with Gasteiger partial charge in [-0.1, -0.05) is 0 Å². The molecule has 3 rings (SSSR count). The summed E-state index contributed by atoms with van der Waals surface area (Å²) in [7, 11) is 0. The topological polar surface area (TPSA) is 48.6 Å². The van der Waals surface area contributed by atoms with E-state index in [4.69, 9.17) is 0 Å². The maximum absolute atomic E-state index is 13.0. The fourth-order valence-corrected chi connectivity index (χ4v) is 1.81. The molecule has 2 aromatic heterocycles. The summed E-state index contributed by atoms with van der Waals surface area (Å²) < 4.78 is 13.0. The lowest BCUT2D eigenvalue weighted by Gasteiger charge is -1.90. The molecule has 0 saturated carbocycles. The number of aromatic amines is 2. The third-order valence-electron chi connectivity index (χ3n) is 2.49. The number of fused-ring (bicyclic) bond motifs is 3. The van der Waals surface area contributed by atoms with Crippen LogP contribution < -0.4 is 5.56 Å². The Balaban J connectivity index is 2.64. The van der Waals surface area contributed by atoms with E-state index in [1.807, 2.05) is 0 Å². The van der Waals surface area contributed by atoms with E-state index in [0.29, 0.717) is 5.52 Å². The van der Waals surface area contributed by atoms with Crippen molar-refractivity contribution < 1.29 is 4.39 Å². The van der Waals surface area contributed by atoms with Gasteiger partial charge in [0.15, 0.2) is 0 Å². The average molecular weight is 202 g/mol. The Hall–Kier alpha value is -2.10. The van der Waals surface area contributed by atoms with E-state index >= 15 is 0 Å². The van der Waals surface area contributed by atoms with Crippen molar-refractivity contribution >= 4 is 21.8 Å². The number of H-pyrrole nitrogens is 2. The van der Waals surface area contributed by atoms with Crippen LogP contribution in [0.25, 0.3) is 21.8 Å². The molecule has 0 radical (unpaired) electrons. The van der Waals surface area contributed by atoms with E-state index in [9.17, 15) is 9.18 Å². The predicted octanol–water partition coefficient (Wildman–Crippen LogP) is 2.15. The molecule has 15 heavy (non-hydrogen) atoms. The van der Waals surface area contributed by atoms with Crippen LogP contribution in [0.3, 0.4) is 0 Å². The molecule has 0 aliphatic rings. The fraction of sp³-hybridized carbons (Fsp3) is 0. The van der Waals surface area contributed by atoms with Crippen LogP contribution in [0.5, 0.6) is 0 Å². The van der Waals surface area contributed by atoms with Gasteiger partial charge in [0.1, 0.15) is 11.3 Å². The van der Waals surface area contributed by atoms with Crippen LogP contribution in [0.2, 0.25) is 0 Å². The van der Waals surface area contributed by atoms with E-state index in [0.717, 1.165) is 16.3 Å². The quantitative estimate of drug-likeness (QED) is 0.576. The molecule has 74 valence electrons. The summed E-state index contributed by atoms with van der Waals surface area (Å²) in [6.45, 7) is 0. The van der Waals surface area contributed by atoms with Gasteiger partial charge in [-0.15, -0.1) is 0 Å². The third-order valence-corrected chi connectivity index (χ3v) is 2.49. The number of benzene rings is 1. The summed E-state index contributed by atoms with van der Waals surface area (Å²) in [6, 6.07) is 6.18. The monoisotopic (exact) mass is 202 g/mol. The van der Waals surface area contributed by atoms with Crippen molar-refractivity contribution in [1.82, 2.24) is 9.97 Å². The lowest BCUT2D eigenvalue weighted by Crippen LogP contribution is -2.03. The highest BCUT2D eigenvalue weighted by Crippen LogP contribution is 2.23. The second-order valence-corrected chi connectivity index (χ2v) is 3.41. The van der Waals surface area contributed by atoms with Crippen molar-refractivity contribution in [3.05, 3.63) is 46.6 Å². The van der Waals surface area contributed by atoms with Crippen molar-refractivity contribution in [2.75, 3.05) is 0 Å². The van der Waals surface area contributed by atoms with Gasteiger partial charge in [0.2, 0.25) is 0 Å². The first-order chi connectivity index (χ1) is 7.25. The molecule has 2 heterocycles. The van der Waals surface area contributed by atoms with Crippen molar-refractivity contribution in [1.29, 1.82) is 0 Å². The lowest BCUT2D eigenvalue weighted by atomic mass is 10.2. The number of rotatable bonds is 0. The predicted molar refractivity (Wildman–Crippen MR) is 56.4 cm³/mol. The molecule has 3 aromatic rings. The molecular formula is C11H7FN2O. The molecule has 2 N–H and O–H groups in total. The molecule has 0 saturated heterocycles. The molecule has 0 spiro atoms. The van der Waals surface area contributed by atoms with Gasteiger partial charge in [-0.25, -0.2) is 4.39 Å². The molecule has 0 aliphatic heterocycles. The Bertz CT molecular complexity index is 711. The Morgan fingerprint density at radius 1 is 1.13 bits per heavy atom. The van der Waals surface area contributed by atoms with Crippen LogP contribution in [0.1, 0.15) is 0 Å². The van der Waals surface area contributed by atoms with Crippen LogP contribution in [0.4, 0.5) is 4.39 Å². The van der Waals surface area contributed by atoms with Crippen molar-refractivity contribution in [2.45, 2.75) is 0 Å². The van der Waals surface area contributed by atoms with Crippen LogP contribution >= 0.6 is 0 Å². The van der Waals surface area contributed by atoms with E-state index in [2.05, 4.69) is 9.97 Å². The number of hydrogen-bond acceptors (Lipinski definition) is 1. The van der Waals surface area contributed by atoms with E-state index in [-0.39, 0.29) is 11.4 Å². The SMILES string of the molecule is O=c1[nH]ccc2c1[nH]c1ccc(F)cc12. The van der Waals surface area contributed by atoms with Crippen molar-refractivity contribution in [3.8, 4) is 0 Å². The molecule has 0 aliphatic carbocycles. The number of nitrogens with one attached hydrogen (secondary N) is 2. The first-order valence-corrected chi connectivity index (χ1v) is 4.54. The number of aromatic nitrogens is 2. The molecule has 0 atom stereocenters. The zero-order valence-electron chi connectivity index (χ0n) is 7.67. The molecule has 0 amide bonds. The third kappa shape index (κ3) is 1.08. The van der Waals surface area contributed by atoms with Gasteiger partial charge in [-0.3, -0.25) is 4.79 Å². The Kier molecular flexibility index (Phi) is 1.48. The smallest absolute Gasteiger partial charge is 0.272 e. The second kappa shape index (κ2) is 2.70. The summed E-state index contributed by atoms with van der Waals surface area (Å²) in [6.07, 6.45) is 1.56. The Labute approximate surface area is 83.6 Å². The Morgan fingerprint density at radius 2 is 2.00 bits per heavy atom. The highest BCUT2D eigenvalue weighted by Gasteiger charge is 2.06. The lowest BCUT2D eigenvalue weighted by molar-refractivity contribution is 0.630. The summed E-state index contributed by atoms with van der Waals surface area (Å²) in [4.78, 5) is 17.0. The van der Waals surface area contributed by atoms with Crippen LogP contribution in [-0.4, -0.2) is 9.97 Å². The zero-order chi connectivity index (χ0) is 10.4. The minimum Gasteiger partial charge on any atom is -0.350 e. The summed E-state index contributed by atoms with van der Waals surface area (Å²) in [5.74, 6) is -0.302. The first kappa shape index (κ1) is 8.23. The van der Waals surface area contributed by atoms with Gasteiger partial charge >= 0.3 is 0 Å². The summed E-state index contributed by atoms with van der Waals surface area (Å²) in [5.41, 5.74) is 1.06. The number of halogens is 1. The minimum atomic E-state index is -0.302. The van der Waals surface area contributed by atoms with Gasteiger partial charge < -0.3 is 9.97 Å². The molecule has 0 fully saturated rings. The van der Waals surface area contributed by atoms with Gasteiger partial charge in [-0.05, 0) is 24.3 Å². The van der Waals surface area contributed by atoms with Crippen molar-refractivity contribution in [3.63, 3.8) is 0 Å². The molecule has 0 unspecified atom stereocenters. The highest BCUT2D eigenvalue weighted by atomic mass is 19.1. The normalized spacial score (nSPS) is 11.3.